The Kier molecular flexibility index (Phi) is 2.89. The molecule has 2 saturated heterocycles. The van der Waals surface area contributed by atoms with Crippen molar-refractivity contribution in [2.75, 3.05) is 19.6 Å². The molecule has 2 rings (SSSR count). The lowest BCUT2D eigenvalue weighted by molar-refractivity contribution is 0.0674. The first-order valence-electron chi connectivity index (χ1n) is 5.73. The van der Waals surface area contributed by atoms with E-state index >= 15 is 0 Å². The minimum absolute atomic E-state index is 0.401. The van der Waals surface area contributed by atoms with Crippen LogP contribution in [0.25, 0.3) is 0 Å². The summed E-state index contributed by atoms with van der Waals surface area (Å²) in [4.78, 5) is 2.63. The molecule has 0 amide bonds. The molecule has 2 heterocycles. The Bertz CT molecular complexity index is 167. The summed E-state index contributed by atoms with van der Waals surface area (Å²) in [6, 6.07) is 0.401. The van der Waals surface area contributed by atoms with Gasteiger partial charge in [0.1, 0.15) is 0 Å². The van der Waals surface area contributed by atoms with Gasteiger partial charge in [0, 0.05) is 12.6 Å². The van der Waals surface area contributed by atoms with Crippen molar-refractivity contribution in [2.45, 2.75) is 38.6 Å². The van der Waals surface area contributed by atoms with Crippen LogP contribution in [0.3, 0.4) is 0 Å². The zero-order valence-corrected chi connectivity index (χ0v) is 8.71. The summed E-state index contributed by atoms with van der Waals surface area (Å²) in [6.07, 6.45) is 5.51. The van der Waals surface area contributed by atoms with Gasteiger partial charge in [0.2, 0.25) is 0 Å². The monoisotopic (exact) mass is 182 g/mol. The second kappa shape index (κ2) is 3.97. The molecule has 4 unspecified atom stereocenters. The first-order chi connectivity index (χ1) is 6.25. The van der Waals surface area contributed by atoms with Crippen molar-refractivity contribution >= 4 is 0 Å². The van der Waals surface area contributed by atoms with Gasteiger partial charge in [0.15, 0.2) is 0 Å². The number of fused-ring (bicyclic) bond motifs is 2. The Morgan fingerprint density at radius 1 is 1.38 bits per heavy atom. The highest BCUT2D eigenvalue weighted by Crippen LogP contribution is 2.33. The lowest BCUT2D eigenvalue weighted by Crippen LogP contribution is -2.45. The van der Waals surface area contributed by atoms with E-state index in [2.05, 4.69) is 11.8 Å². The molecule has 76 valence electrons. The van der Waals surface area contributed by atoms with Crippen LogP contribution >= 0.6 is 0 Å². The zero-order chi connectivity index (χ0) is 9.26. The molecule has 0 aromatic rings. The molecular weight excluding hydrogens is 160 g/mol. The van der Waals surface area contributed by atoms with Crippen LogP contribution in [0, 0.1) is 11.8 Å². The largest absolute Gasteiger partial charge is 0.328 e. The third-order valence-corrected chi connectivity index (χ3v) is 3.70. The van der Waals surface area contributed by atoms with E-state index < -0.39 is 0 Å². The Morgan fingerprint density at radius 2 is 2.23 bits per heavy atom. The normalized spacial score (nSPS) is 41.5. The minimum Gasteiger partial charge on any atom is -0.328 e. The van der Waals surface area contributed by atoms with Gasteiger partial charge in [-0.05, 0) is 57.5 Å². The van der Waals surface area contributed by atoms with E-state index in [-0.39, 0.29) is 0 Å². The van der Waals surface area contributed by atoms with E-state index in [1.807, 2.05) is 0 Å². The number of piperidine rings is 2. The SMILES string of the molecule is CC(N)CC1CCN2CCCC1C2. The second-order valence-corrected chi connectivity index (χ2v) is 4.96. The van der Waals surface area contributed by atoms with Gasteiger partial charge < -0.3 is 10.6 Å². The minimum atomic E-state index is 0.401. The number of nitrogens with two attached hydrogens (primary N) is 1. The van der Waals surface area contributed by atoms with E-state index in [9.17, 15) is 0 Å². The predicted octanol–water partition coefficient (Wildman–Crippen LogP) is 1.46. The van der Waals surface area contributed by atoms with Crippen molar-refractivity contribution in [1.82, 2.24) is 4.90 Å². The topological polar surface area (TPSA) is 29.3 Å². The maximum Gasteiger partial charge on any atom is 0.00132 e. The number of hydrogen-bond donors (Lipinski definition) is 1. The van der Waals surface area contributed by atoms with Crippen LogP contribution in [-0.2, 0) is 0 Å². The fourth-order valence-electron chi connectivity index (χ4n) is 3.05. The summed E-state index contributed by atoms with van der Waals surface area (Å²) in [5, 5.41) is 0. The molecule has 2 bridgehead atoms. The average molecular weight is 182 g/mol. The van der Waals surface area contributed by atoms with E-state index in [1.165, 1.54) is 45.3 Å². The Balaban J connectivity index is 1.90. The summed E-state index contributed by atoms with van der Waals surface area (Å²) < 4.78 is 0. The summed E-state index contributed by atoms with van der Waals surface area (Å²) in [7, 11) is 0. The van der Waals surface area contributed by atoms with E-state index in [0.717, 1.165) is 11.8 Å². The van der Waals surface area contributed by atoms with E-state index in [1.54, 1.807) is 0 Å². The van der Waals surface area contributed by atoms with Gasteiger partial charge in [-0.3, -0.25) is 0 Å². The maximum atomic E-state index is 5.88. The smallest absolute Gasteiger partial charge is 0.00132 e. The predicted molar refractivity (Wildman–Crippen MR) is 55.5 cm³/mol. The third-order valence-electron chi connectivity index (χ3n) is 3.70. The summed E-state index contributed by atoms with van der Waals surface area (Å²) in [5.74, 6) is 1.89. The molecule has 2 aliphatic rings. The molecule has 4 atom stereocenters. The average Bonchev–Trinajstić information content (AvgIpc) is 2.10. The lowest BCUT2D eigenvalue weighted by atomic mass is 9.77. The van der Waals surface area contributed by atoms with Crippen LogP contribution in [0.4, 0.5) is 0 Å². The molecule has 13 heavy (non-hydrogen) atoms. The molecule has 2 N–H and O–H groups in total. The van der Waals surface area contributed by atoms with Gasteiger partial charge in [-0.15, -0.1) is 0 Å². The fraction of sp³-hybridized carbons (Fsp3) is 1.00. The summed E-state index contributed by atoms with van der Waals surface area (Å²) >= 11 is 0. The van der Waals surface area contributed by atoms with E-state index in [0.29, 0.717) is 6.04 Å². The van der Waals surface area contributed by atoms with Crippen molar-refractivity contribution in [3.05, 3.63) is 0 Å². The van der Waals surface area contributed by atoms with Gasteiger partial charge in [-0.25, -0.2) is 0 Å². The molecule has 0 saturated carbocycles. The van der Waals surface area contributed by atoms with Crippen molar-refractivity contribution in [1.29, 1.82) is 0 Å². The van der Waals surface area contributed by atoms with Gasteiger partial charge in [-0.2, -0.15) is 0 Å². The van der Waals surface area contributed by atoms with Crippen LogP contribution in [0.5, 0.6) is 0 Å². The molecule has 2 heteroatoms. The highest BCUT2D eigenvalue weighted by atomic mass is 15.1. The highest BCUT2D eigenvalue weighted by molar-refractivity contribution is 4.85. The maximum absolute atomic E-state index is 5.88. The van der Waals surface area contributed by atoms with Gasteiger partial charge in [0.05, 0.1) is 0 Å². The first-order valence-corrected chi connectivity index (χ1v) is 5.73. The third kappa shape index (κ3) is 2.23. The number of rotatable bonds is 2. The molecule has 2 fully saturated rings. The van der Waals surface area contributed by atoms with Crippen LogP contribution in [0.15, 0.2) is 0 Å². The van der Waals surface area contributed by atoms with Crippen molar-refractivity contribution < 1.29 is 0 Å². The van der Waals surface area contributed by atoms with Crippen LogP contribution in [0.1, 0.15) is 32.6 Å². The standard InChI is InChI=1S/C11H22N2/c1-9(12)7-10-4-6-13-5-2-3-11(10)8-13/h9-11H,2-8,12H2,1H3. The number of nitrogens with zero attached hydrogens (tertiary/aromatic N) is 1. The first kappa shape index (κ1) is 9.47. The molecule has 2 nitrogen and oxygen atoms in total. The Hall–Kier alpha value is -0.0800. The number of hydrogen-bond acceptors (Lipinski definition) is 2. The molecular formula is C11H22N2. The molecule has 0 radical (unpaired) electrons. The highest BCUT2D eigenvalue weighted by Gasteiger charge is 2.31. The van der Waals surface area contributed by atoms with Gasteiger partial charge in [0.25, 0.3) is 0 Å². The quantitative estimate of drug-likeness (QED) is 0.700. The van der Waals surface area contributed by atoms with Crippen LogP contribution in [0.2, 0.25) is 0 Å². The van der Waals surface area contributed by atoms with Crippen LogP contribution < -0.4 is 5.73 Å². The van der Waals surface area contributed by atoms with E-state index in [4.69, 9.17) is 5.73 Å². The van der Waals surface area contributed by atoms with Crippen LogP contribution in [-0.4, -0.2) is 30.6 Å². The summed E-state index contributed by atoms with van der Waals surface area (Å²) in [5.41, 5.74) is 5.88. The molecule has 2 aliphatic heterocycles. The van der Waals surface area contributed by atoms with Crippen molar-refractivity contribution in [3.63, 3.8) is 0 Å². The fourth-order valence-corrected chi connectivity index (χ4v) is 3.05. The Labute approximate surface area is 81.5 Å². The van der Waals surface area contributed by atoms with Gasteiger partial charge in [-0.1, -0.05) is 0 Å². The van der Waals surface area contributed by atoms with Gasteiger partial charge >= 0.3 is 0 Å². The second-order valence-electron chi connectivity index (χ2n) is 4.96. The molecule has 0 aromatic heterocycles. The molecule has 0 aliphatic carbocycles. The lowest BCUT2D eigenvalue weighted by Gasteiger charge is -2.43. The van der Waals surface area contributed by atoms with Crippen molar-refractivity contribution in [3.8, 4) is 0 Å². The molecule has 0 aromatic carbocycles. The summed E-state index contributed by atoms with van der Waals surface area (Å²) in [6.45, 7) is 6.18. The molecule has 0 spiro atoms. The Morgan fingerprint density at radius 3 is 3.00 bits per heavy atom. The zero-order valence-electron chi connectivity index (χ0n) is 8.71. The van der Waals surface area contributed by atoms with Crippen molar-refractivity contribution in [2.24, 2.45) is 17.6 Å².